The molecule has 0 aliphatic carbocycles. The van der Waals surface area contributed by atoms with E-state index in [4.69, 9.17) is 4.52 Å². The van der Waals surface area contributed by atoms with Crippen molar-refractivity contribution >= 4 is 22.7 Å². The molecule has 3 aromatic heterocycles. The summed E-state index contributed by atoms with van der Waals surface area (Å²) in [6.45, 7) is 3.13. The fourth-order valence-corrected chi connectivity index (χ4v) is 4.10. The van der Waals surface area contributed by atoms with Crippen LogP contribution in [0.2, 0.25) is 0 Å². The predicted octanol–water partition coefficient (Wildman–Crippen LogP) is 3.85. The SMILES string of the molecule is c1csc(CN2CCC(c3nc(-c4cccs4)no3)C2)c1. The van der Waals surface area contributed by atoms with E-state index >= 15 is 0 Å². The molecule has 3 aromatic rings. The molecular weight excluding hydrogens is 302 g/mol. The van der Waals surface area contributed by atoms with Crippen molar-refractivity contribution in [3.05, 3.63) is 45.8 Å². The summed E-state index contributed by atoms with van der Waals surface area (Å²) in [4.78, 5) is 9.52. The van der Waals surface area contributed by atoms with Gasteiger partial charge in [0.2, 0.25) is 11.7 Å². The Hall–Kier alpha value is -1.50. The zero-order valence-electron chi connectivity index (χ0n) is 11.4. The van der Waals surface area contributed by atoms with Crippen LogP contribution in [0.15, 0.2) is 39.5 Å². The van der Waals surface area contributed by atoms with Crippen molar-refractivity contribution in [2.75, 3.05) is 13.1 Å². The molecule has 6 heteroatoms. The van der Waals surface area contributed by atoms with Crippen molar-refractivity contribution in [2.45, 2.75) is 18.9 Å². The van der Waals surface area contributed by atoms with Gasteiger partial charge < -0.3 is 4.52 Å². The third kappa shape index (κ3) is 2.79. The Balaban J connectivity index is 1.43. The van der Waals surface area contributed by atoms with E-state index in [2.05, 4.69) is 32.6 Å². The second-order valence-electron chi connectivity index (χ2n) is 5.23. The van der Waals surface area contributed by atoms with Gasteiger partial charge in [-0.1, -0.05) is 17.3 Å². The van der Waals surface area contributed by atoms with Crippen LogP contribution < -0.4 is 0 Å². The molecule has 0 aromatic carbocycles. The van der Waals surface area contributed by atoms with Crippen LogP contribution in [-0.4, -0.2) is 28.1 Å². The molecule has 1 saturated heterocycles. The molecule has 0 spiro atoms. The highest BCUT2D eigenvalue weighted by Gasteiger charge is 2.28. The summed E-state index contributed by atoms with van der Waals surface area (Å²) in [7, 11) is 0. The zero-order valence-corrected chi connectivity index (χ0v) is 13.1. The molecule has 0 saturated carbocycles. The molecule has 1 aliphatic rings. The van der Waals surface area contributed by atoms with Crippen LogP contribution >= 0.6 is 22.7 Å². The van der Waals surface area contributed by atoms with Crippen LogP contribution in [0.1, 0.15) is 23.1 Å². The Morgan fingerprint density at radius 1 is 1.24 bits per heavy atom. The number of aromatic nitrogens is 2. The quantitative estimate of drug-likeness (QED) is 0.733. The van der Waals surface area contributed by atoms with Gasteiger partial charge in [0.15, 0.2) is 0 Å². The van der Waals surface area contributed by atoms with Crippen LogP contribution in [0.4, 0.5) is 0 Å². The standard InChI is InChI=1S/C15H15N3OS2/c1-3-12(20-7-1)10-18-6-5-11(9-18)15-16-14(17-19-15)13-4-2-8-21-13/h1-4,7-8,11H,5-6,9-10H2. The van der Waals surface area contributed by atoms with E-state index in [0.717, 1.165) is 42.6 Å². The molecule has 1 fully saturated rings. The van der Waals surface area contributed by atoms with Crippen molar-refractivity contribution < 1.29 is 4.52 Å². The summed E-state index contributed by atoms with van der Waals surface area (Å²) in [6, 6.07) is 8.34. The fourth-order valence-electron chi connectivity index (χ4n) is 2.71. The Morgan fingerprint density at radius 2 is 2.14 bits per heavy atom. The lowest BCUT2D eigenvalue weighted by Crippen LogP contribution is -2.19. The monoisotopic (exact) mass is 317 g/mol. The maximum Gasteiger partial charge on any atom is 0.231 e. The van der Waals surface area contributed by atoms with E-state index in [1.165, 1.54) is 4.88 Å². The van der Waals surface area contributed by atoms with Gasteiger partial charge in [-0.15, -0.1) is 22.7 Å². The average Bonchev–Trinajstić information content (AvgIpc) is 3.28. The van der Waals surface area contributed by atoms with Gasteiger partial charge in [0.25, 0.3) is 0 Å². The minimum atomic E-state index is 0.367. The van der Waals surface area contributed by atoms with Crippen molar-refractivity contribution in [1.29, 1.82) is 0 Å². The van der Waals surface area contributed by atoms with Crippen LogP contribution in [0.3, 0.4) is 0 Å². The highest BCUT2D eigenvalue weighted by molar-refractivity contribution is 7.13. The fraction of sp³-hybridized carbons (Fsp3) is 0.333. The number of likely N-dealkylation sites (tertiary alicyclic amines) is 1. The van der Waals surface area contributed by atoms with Gasteiger partial charge in [-0.05, 0) is 35.9 Å². The average molecular weight is 317 g/mol. The van der Waals surface area contributed by atoms with Crippen molar-refractivity contribution in [3.63, 3.8) is 0 Å². The first kappa shape index (κ1) is 13.2. The van der Waals surface area contributed by atoms with E-state index < -0.39 is 0 Å². The van der Waals surface area contributed by atoms with E-state index in [-0.39, 0.29) is 0 Å². The first-order valence-corrected chi connectivity index (χ1v) is 8.76. The minimum Gasteiger partial charge on any atom is -0.339 e. The first-order valence-electron chi connectivity index (χ1n) is 7.01. The minimum absolute atomic E-state index is 0.367. The van der Waals surface area contributed by atoms with E-state index in [9.17, 15) is 0 Å². The normalized spacial score (nSPS) is 19.3. The molecule has 1 atom stereocenters. The van der Waals surface area contributed by atoms with E-state index in [1.807, 2.05) is 28.8 Å². The lowest BCUT2D eigenvalue weighted by atomic mass is 10.1. The lowest BCUT2D eigenvalue weighted by molar-refractivity contribution is 0.311. The summed E-state index contributed by atoms with van der Waals surface area (Å²) in [5, 5.41) is 8.28. The van der Waals surface area contributed by atoms with E-state index in [1.54, 1.807) is 11.3 Å². The molecule has 108 valence electrons. The molecule has 1 aliphatic heterocycles. The number of hydrogen-bond acceptors (Lipinski definition) is 6. The summed E-state index contributed by atoms with van der Waals surface area (Å²) in [5.41, 5.74) is 0. The van der Waals surface area contributed by atoms with Crippen LogP contribution in [0.5, 0.6) is 0 Å². The van der Waals surface area contributed by atoms with Gasteiger partial charge in [-0.25, -0.2) is 0 Å². The zero-order chi connectivity index (χ0) is 14.1. The number of thiophene rings is 2. The first-order chi connectivity index (χ1) is 10.4. The van der Waals surface area contributed by atoms with Gasteiger partial charge in [0.05, 0.1) is 10.8 Å². The molecular formula is C15H15N3OS2. The van der Waals surface area contributed by atoms with E-state index in [0.29, 0.717) is 5.92 Å². The van der Waals surface area contributed by atoms with Gasteiger partial charge in [-0.3, -0.25) is 4.90 Å². The molecule has 1 unspecified atom stereocenters. The Morgan fingerprint density at radius 3 is 2.95 bits per heavy atom. The van der Waals surface area contributed by atoms with Crippen molar-refractivity contribution in [1.82, 2.24) is 15.0 Å². The molecule has 4 nitrogen and oxygen atoms in total. The predicted molar refractivity (Wildman–Crippen MR) is 84.6 cm³/mol. The second-order valence-corrected chi connectivity index (χ2v) is 7.21. The number of hydrogen-bond donors (Lipinski definition) is 0. The van der Waals surface area contributed by atoms with Gasteiger partial charge in [-0.2, -0.15) is 4.98 Å². The van der Waals surface area contributed by atoms with Crippen LogP contribution in [0.25, 0.3) is 10.7 Å². The third-order valence-corrected chi connectivity index (χ3v) is 5.49. The maximum absolute atomic E-state index is 5.48. The molecule has 0 bridgehead atoms. The molecule has 21 heavy (non-hydrogen) atoms. The summed E-state index contributed by atoms with van der Waals surface area (Å²) in [5.74, 6) is 1.87. The van der Waals surface area contributed by atoms with Gasteiger partial charge in [0, 0.05) is 18.0 Å². The second kappa shape index (κ2) is 5.71. The molecule has 0 radical (unpaired) electrons. The molecule has 0 N–H and O–H groups in total. The van der Waals surface area contributed by atoms with Gasteiger partial charge >= 0.3 is 0 Å². The molecule has 4 rings (SSSR count). The molecule has 0 amide bonds. The smallest absolute Gasteiger partial charge is 0.231 e. The highest BCUT2D eigenvalue weighted by Crippen LogP contribution is 2.30. The Labute approximate surface area is 131 Å². The summed E-state index contributed by atoms with van der Waals surface area (Å²) < 4.78 is 5.48. The maximum atomic E-state index is 5.48. The topological polar surface area (TPSA) is 42.2 Å². The Kier molecular flexibility index (Phi) is 3.58. The summed E-state index contributed by atoms with van der Waals surface area (Å²) in [6.07, 6.45) is 1.09. The molecule has 4 heterocycles. The van der Waals surface area contributed by atoms with Crippen LogP contribution in [0, 0.1) is 0 Å². The largest absolute Gasteiger partial charge is 0.339 e. The van der Waals surface area contributed by atoms with Crippen molar-refractivity contribution in [3.8, 4) is 10.7 Å². The van der Waals surface area contributed by atoms with Gasteiger partial charge in [0.1, 0.15) is 0 Å². The van der Waals surface area contributed by atoms with Crippen LogP contribution in [-0.2, 0) is 6.54 Å². The van der Waals surface area contributed by atoms with Crippen molar-refractivity contribution in [2.24, 2.45) is 0 Å². The Bertz CT molecular complexity index is 690. The highest BCUT2D eigenvalue weighted by atomic mass is 32.1. The lowest BCUT2D eigenvalue weighted by Gasteiger charge is -2.13. The summed E-state index contributed by atoms with van der Waals surface area (Å²) >= 11 is 3.46. The number of rotatable bonds is 4. The third-order valence-electron chi connectivity index (χ3n) is 3.76. The number of nitrogens with zero attached hydrogens (tertiary/aromatic N) is 3.